The zero-order valence-corrected chi connectivity index (χ0v) is 14.2. The SMILES string of the molecule is CC1NNC(C)C1CC(=O)N1CCC(C(=O)O)(c2ccccc2)C1. The molecule has 6 heteroatoms. The molecule has 2 aliphatic heterocycles. The first-order chi connectivity index (χ1) is 11.4. The van der Waals surface area contributed by atoms with Gasteiger partial charge in [-0.15, -0.1) is 0 Å². The Bertz CT molecular complexity index is 611. The van der Waals surface area contributed by atoms with Crippen molar-refractivity contribution in [3.63, 3.8) is 0 Å². The smallest absolute Gasteiger partial charge is 0.316 e. The van der Waals surface area contributed by atoms with Gasteiger partial charge in [-0.05, 0) is 25.8 Å². The highest BCUT2D eigenvalue weighted by atomic mass is 16.4. The largest absolute Gasteiger partial charge is 0.481 e. The molecule has 2 aliphatic rings. The van der Waals surface area contributed by atoms with E-state index in [0.717, 1.165) is 5.56 Å². The lowest BCUT2D eigenvalue weighted by atomic mass is 9.80. The molecule has 24 heavy (non-hydrogen) atoms. The fraction of sp³-hybridized carbons (Fsp3) is 0.556. The number of aliphatic carboxylic acids is 1. The van der Waals surface area contributed by atoms with E-state index in [2.05, 4.69) is 24.7 Å². The molecule has 2 heterocycles. The molecule has 0 aliphatic carbocycles. The van der Waals surface area contributed by atoms with Crippen molar-refractivity contribution in [1.82, 2.24) is 15.8 Å². The molecule has 3 N–H and O–H groups in total. The molecule has 2 fully saturated rings. The third-order valence-corrected chi connectivity index (χ3v) is 5.59. The van der Waals surface area contributed by atoms with Gasteiger partial charge in [-0.2, -0.15) is 0 Å². The van der Waals surface area contributed by atoms with Gasteiger partial charge in [0, 0.05) is 37.5 Å². The molecular formula is C18H25N3O3. The van der Waals surface area contributed by atoms with Crippen molar-refractivity contribution in [2.45, 2.75) is 44.2 Å². The molecule has 0 radical (unpaired) electrons. The van der Waals surface area contributed by atoms with Crippen LogP contribution in [0.5, 0.6) is 0 Å². The monoisotopic (exact) mass is 331 g/mol. The highest BCUT2D eigenvalue weighted by Crippen LogP contribution is 2.35. The minimum Gasteiger partial charge on any atom is -0.481 e. The van der Waals surface area contributed by atoms with E-state index in [1.807, 2.05) is 30.3 Å². The molecule has 2 saturated heterocycles. The summed E-state index contributed by atoms with van der Waals surface area (Å²) in [4.78, 5) is 26.4. The summed E-state index contributed by atoms with van der Waals surface area (Å²) in [7, 11) is 0. The maximum atomic E-state index is 12.7. The van der Waals surface area contributed by atoms with Crippen LogP contribution in [0.1, 0.15) is 32.3 Å². The molecule has 1 amide bonds. The standard InChI is InChI=1S/C18H25N3O3/c1-12-15(13(2)20-19-12)10-16(22)21-9-8-18(11-21,17(23)24)14-6-4-3-5-7-14/h3-7,12-13,15,19-20H,8-11H2,1-2H3,(H,23,24). The number of rotatable bonds is 4. The van der Waals surface area contributed by atoms with Gasteiger partial charge in [-0.25, -0.2) is 0 Å². The quantitative estimate of drug-likeness (QED) is 0.771. The molecule has 3 atom stereocenters. The van der Waals surface area contributed by atoms with Crippen LogP contribution in [0.25, 0.3) is 0 Å². The average Bonchev–Trinajstić information content (AvgIpc) is 3.16. The van der Waals surface area contributed by atoms with E-state index in [1.165, 1.54) is 0 Å². The van der Waals surface area contributed by atoms with Gasteiger partial charge in [0.15, 0.2) is 0 Å². The Hall–Kier alpha value is -1.92. The van der Waals surface area contributed by atoms with Crippen LogP contribution in [0.4, 0.5) is 0 Å². The number of nitrogens with one attached hydrogen (secondary N) is 2. The highest BCUT2D eigenvalue weighted by molar-refractivity contribution is 5.85. The van der Waals surface area contributed by atoms with Crippen molar-refractivity contribution in [1.29, 1.82) is 0 Å². The fourth-order valence-corrected chi connectivity index (χ4v) is 3.91. The Morgan fingerprint density at radius 1 is 1.21 bits per heavy atom. The molecule has 0 aromatic heterocycles. The number of hydrazine groups is 1. The third-order valence-electron chi connectivity index (χ3n) is 5.59. The van der Waals surface area contributed by atoms with Crippen LogP contribution < -0.4 is 10.9 Å². The van der Waals surface area contributed by atoms with E-state index in [4.69, 9.17) is 0 Å². The van der Waals surface area contributed by atoms with Gasteiger partial charge in [0.05, 0.1) is 0 Å². The maximum Gasteiger partial charge on any atom is 0.316 e. The Labute approximate surface area is 142 Å². The first-order valence-corrected chi connectivity index (χ1v) is 8.52. The summed E-state index contributed by atoms with van der Waals surface area (Å²) in [6.07, 6.45) is 0.900. The van der Waals surface area contributed by atoms with Gasteiger partial charge in [0.25, 0.3) is 0 Å². The summed E-state index contributed by atoms with van der Waals surface area (Å²) >= 11 is 0. The van der Waals surface area contributed by atoms with Crippen molar-refractivity contribution in [2.75, 3.05) is 13.1 Å². The number of carboxylic acids is 1. The predicted molar refractivity (Wildman–Crippen MR) is 90.3 cm³/mol. The second kappa shape index (κ2) is 6.53. The van der Waals surface area contributed by atoms with Crippen LogP contribution in [-0.4, -0.2) is 47.1 Å². The fourth-order valence-electron chi connectivity index (χ4n) is 3.91. The highest BCUT2D eigenvalue weighted by Gasteiger charge is 2.48. The van der Waals surface area contributed by atoms with Gasteiger partial charge in [-0.1, -0.05) is 30.3 Å². The van der Waals surface area contributed by atoms with E-state index >= 15 is 0 Å². The summed E-state index contributed by atoms with van der Waals surface area (Å²) in [5.41, 5.74) is 6.11. The van der Waals surface area contributed by atoms with E-state index in [-0.39, 0.29) is 30.5 Å². The van der Waals surface area contributed by atoms with Crippen LogP contribution in [0, 0.1) is 5.92 Å². The zero-order chi connectivity index (χ0) is 17.3. The first-order valence-electron chi connectivity index (χ1n) is 8.52. The van der Waals surface area contributed by atoms with Crippen molar-refractivity contribution >= 4 is 11.9 Å². The van der Waals surface area contributed by atoms with Gasteiger partial charge in [-0.3, -0.25) is 20.4 Å². The molecule has 1 aromatic carbocycles. The minimum atomic E-state index is -0.986. The molecule has 130 valence electrons. The number of hydrogen-bond acceptors (Lipinski definition) is 4. The Balaban J connectivity index is 1.73. The summed E-state index contributed by atoms with van der Waals surface area (Å²) < 4.78 is 0. The number of hydrogen-bond donors (Lipinski definition) is 3. The number of benzene rings is 1. The van der Waals surface area contributed by atoms with Crippen molar-refractivity contribution in [3.05, 3.63) is 35.9 Å². The molecule has 3 rings (SSSR count). The summed E-state index contributed by atoms with van der Waals surface area (Å²) in [6, 6.07) is 9.72. The topological polar surface area (TPSA) is 81.7 Å². The lowest BCUT2D eigenvalue weighted by Gasteiger charge is -2.26. The summed E-state index contributed by atoms with van der Waals surface area (Å²) in [6.45, 7) is 4.87. The number of carbonyl (C=O) groups excluding carboxylic acids is 1. The van der Waals surface area contributed by atoms with Gasteiger partial charge >= 0.3 is 5.97 Å². The van der Waals surface area contributed by atoms with Crippen LogP contribution in [0.15, 0.2) is 30.3 Å². The van der Waals surface area contributed by atoms with Crippen LogP contribution >= 0.6 is 0 Å². The minimum absolute atomic E-state index is 0.0447. The molecule has 0 spiro atoms. The van der Waals surface area contributed by atoms with Crippen molar-refractivity contribution in [3.8, 4) is 0 Å². The number of carbonyl (C=O) groups is 2. The molecule has 0 saturated carbocycles. The van der Waals surface area contributed by atoms with E-state index in [1.54, 1.807) is 4.90 Å². The number of nitrogens with zero attached hydrogens (tertiary/aromatic N) is 1. The molecule has 3 unspecified atom stereocenters. The number of amides is 1. The van der Waals surface area contributed by atoms with E-state index in [0.29, 0.717) is 19.4 Å². The molecule has 1 aromatic rings. The van der Waals surface area contributed by atoms with Gasteiger partial charge in [0.2, 0.25) is 5.91 Å². The van der Waals surface area contributed by atoms with Gasteiger partial charge in [0.1, 0.15) is 5.41 Å². The third kappa shape index (κ3) is 2.91. The Kier molecular flexibility index (Phi) is 4.60. The first kappa shape index (κ1) is 16.9. The lowest BCUT2D eigenvalue weighted by molar-refractivity contribution is -0.143. The number of carboxylic acid groups (broad SMARTS) is 1. The van der Waals surface area contributed by atoms with Crippen molar-refractivity contribution in [2.24, 2.45) is 5.92 Å². The normalized spacial score (nSPS) is 32.9. The predicted octanol–water partition coefficient (Wildman–Crippen LogP) is 1.13. The molecular weight excluding hydrogens is 306 g/mol. The summed E-state index contributed by atoms with van der Waals surface area (Å²) in [5, 5.41) is 9.83. The maximum absolute atomic E-state index is 12.7. The van der Waals surface area contributed by atoms with Gasteiger partial charge < -0.3 is 10.0 Å². The Morgan fingerprint density at radius 3 is 2.42 bits per heavy atom. The second-order valence-electron chi connectivity index (χ2n) is 7.05. The van der Waals surface area contributed by atoms with Crippen LogP contribution in [-0.2, 0) is 15.0 Å². The Morgan fingerprint density at radius 2 is 1.83 bits per heavy atom. The second-order valence-corrected chi connectivity index (χ2v) is 7.05. The molecule has 0 bridgehead atoms. The molecule has 6 nitrogen and oxygen atoms in total. The van der Waals surface area contributed by atoms with E-state index < -0.39 is 11.4 Å². The van der Waals surface area contributed by atoms with Crippen LogP contribution in [0.2, 0.25) is 0 Å². The summed E-state index contributed by atoms with van der Waals surface area (Å²) in [5.74, 6) is -0.591. The van der Waals surface area contributed by atoms with E-state index in [9.17, 15) is 14.7 Å². The zero-order valence-electron chi connectivity index (χ0n) is 14.2. The lowest BCUT2D eigenvalue weighted by Crippen LogP contribution is -2.41. The van der Waals surface area contributed by atoms with Crippen LogP contribution in [0.3, 0.4) is 0 Å². The number of likely N-dealkylation sites (tertiary alicyclic amines) is 1. The average molecular weight is 331 g/mol. The van der Waals surface area contributed by atoms with Crippen molar-refractivity contribution < 1.29 is 14.7 Å².